The first-order valence-corrected chi connectivity index (χ1v) is 12.2. The summed E-state index contributed by atoms with van der Waals surface area (Å²) < 4.78 is 11.4. The number of hydrogen-bond acceptors (Lipinski definition) is 6. The molecule has 4 aliphatic rings. The Morgan fingerprint density at radius 1 is 1.27 bits per heavy atom. The molecular formula is C26H34N4O3. The summed E-state index contributed by atoms with van der Waals surface area (Å²) >= 11 is 0. The zero-order valence-corrected chi connectivity index (χ0v) is 19.8. The van der Waals surface area contributed by atoms with Crippen LogP contribution in [0.25, 0.3) is 0 Å². The highest BCUT2D eigenvalue weighted by Gasteiger charge is 2.68. The molecular weight excluding hydrogens is 416 g/mol. The quantitative estimate of drug-likeness (QED) is 0.763. The average Bonchev–Trinajstić information content (AvgIpc) is 3.20. The number of nitrogens with zero attached hydrogens (tertiary/aromatic N) is 3. The van der Waals surface area contributed by atoms with Crippen LogP contribution in [0.3, 0.4) is 0 Å². The molecule has 2 N–H and O–H groups in total. The lowest BCUT2D eigenvalue weighted by atomic mass is 9.56. The largest absolute Gasteiger partial charge is 0.381 e. The van der Waals surface area contributed by atoms with Gasteiger partial charge in [0.25, 0.3) is 5.91 Å². The Kier molecular flexibility index (Phi) is 5.49. The van der Waals surface area contributed by atoms with Crippen molar-refractivity contribution in [1.82, 2.24) is 4.90 Å². The number of hydrogen-bond donors (Lipinski definition) is 1. The van der Waals surface area contributed by atoms with Gasteiger partial charge in [-0.3, -0.25) is 9.69 Å². The van der Waals surface area contributed by atoms with E-state index < -0.39 is 5.54 Å². The first-order valence-electron chi connectivity index (χ1n) is 12.2. The van der Waals surface area contributed by atoms with Gasteiger partial charge in [0, 0.05) is 32.3 Å². The smallest absolute Gasteiger partial charge is 0.262 e. The van der Waals surface area contributed by atoms with Crippen molar-refractivity contribution in [1.29, 1.82) is 5.26 Å². The third-order valence-electron chi connectivity index (χ3n) is 8.64. The van der Waals surface area contributed by atoms with Crippen LogP contribution < -0.4 is 5.73 Å². The Balaban J connectivity index is 1.61. The van der Waals surface area contributed by atoms with Crippen molar-refractivity contribution >= 4 is 11.9 Å². The van der Waals surface area contributed by atoms with Crippen molar-refractivity contribution in [3.63, 3.8) is 0 Å². The van der Waals surface area contributed by atoms with Gasteiger partial charge < -0.3 is 15.2 Å². The number of carbonyl (C=O) groups is 1. The summed E-state index contributed by atoms with van der Waals surface area (Å²) in [5.41, 5.74) is 7.62. The average molecular weight is 451 g/mol. The van der Waals surface area contributed by atoms with Gasteiger partial charge in [-0.25, -0.2) is 4.99 Å². The number of methoxy groups -OCH3 is 1. The summed E-state index contributed by atoms with van der Waals surface area (Å²) in [6.45, 7) is 6.46. The number of carbonyl (C=O) groups excluding carboxylic acids is 1. The molecule has 0 bridgehead atoms. The maximum absolute atomic E-state index is 14.4. The van der Waals surface area contributed by atoms with Crippen LogP contribution in [0.15, 0.2) is 23.2 Å². The van der Waals surface area contributed by atoms with Gasteiger partial charge in [-0.1, -0.05) is 19.9 Å². The summed E-state index contributed by atoms with van der Waals surface area (Å²) in [5, 5.41) is 9.60. The molecule has 5 atom stereocenters. The number of guanidine groups is 1. The Labute approximate surface area is 195 Å². The lowest BCUT2D eigenvalue weighted by Gasteiger charge is -2.50. The molecule has 0 radical (unpaired) electrons. The van der Waals surface area contributed by atoms with E-state index in [1.165, 1.54) is 0 Å². The molecule has 1 aromatic rings. The lowest BCUT2D eigenvalue weighted by Crippen LogP contribution is -2.55. The minimum Gasteiger partial charge on any atom is -0.381 e. The van der Waals surface area contributed by atoms with E-state index >= 15 is 0 Å². The number of fused-ring (bicyclic) bond motifs is 3. The van der Waals surface area contributed by atoms with Crippen molar-refractivity contribution in [3.8, 4) is 6.07 Å². The maximum atomic E-state index is 14.4. The van der Waals surface area contributed by atoms with Crippen LogP contribution in [0.1, 0.15) is 56.2 Å². The third kappa shape index (κ3) is 3.22. The van der Waals surface area contributed by atoms with Crippen LogP contribution in [-0.4, -0.2) is 49.7 Å². The number of benzene rings is 1. The first-order chi connectivity index (χ1) is 15.8. The SMILES string of the molecule is COC1[C@H](C)CC2(Cc3ccc(C#N)cc3[C@]23N=C(N)N(CC2CCOCC2)C3=O)C[C@@H]1C. The maximum Gasteiger partial charge on any atom is 0.262 e. The molecule has 2 fully saturated rings. The van der Waals surface area contributed by atoms with Gasteiger partial charge in [0.05, 0.1) is 17.7 Å². The van der Waals surface area contributed by atoms with Gasteiger partial charge in [-0.15, -0.1) is 0 Å². The van der Waals surface area contributed by atoms with Crippen LogP contribution >= 0.6 is 0 Å². The highest BCUT2D eigenvalue weighted by atomic mass is 16.5. The van der Waals surface area contributed by atoms with Crippen LogP contribution in [0, 0.1) is 34.5 Å². The van der Waals surface area contributed by atoms with Gasteiger partial charge >= 0.3 is 0 Å². The Morgan fingerprint density at radius 3 is 2.61 bits per heavy atom. The minimum atomic E-state index is -1.06. The minimum absolute atomic E-state index is 0.0180. The molecule has 2 heterocycles. The Morgan fingerprint density at radius 2 is 1.97 bits per heavy atom. The molecule has 1 amide bonds. The Bertz CT molecular complexity index is 1010. The van der Waals surface area contributed by atoms with Crippen molar-refractivity contribution < 1.29 is 14.3 Å². The van der Waals surface area contributed by atoms with E-state index in [4.69, 9.17) is 20.2 Å². The second-order valence-corrected chi connectivity index (χ2v) is 10.7. The zero-order chi connectivity index (χ0) is 23.4. The molecule has 1 saturated carbocycles. The summed E-state index contributed by atoms with van der Waals surface area (Å²) in [6.07, 6.45) is 4.44. The first kappa shape index (κ1) is 22.4. The standard InChI is InChI=1S/C26H34N4O3/c1-16-11-25(12-17(2)22(16)32-3)13-20-5-4-19(14-27)10-21(20)26(25)23(31)30(24(28)29-26)15-18-6-8-33-9-7-18/h4-5,10,16-18,22H,6-9,11-13,15H2,1-3H3,(H2,28,29)/t16-,17+,22?,25?,26-/m1/s1. The second kappa shape index (κ2) is 8.11. The molecule has 33 heavy (non-hydrogen) atoms. The van der Waals surface area contributed by atoms with Crippen LogP contribution in [0.2, 0.25) is 0 Å². The number of rotatable bonds is 3. The number of nitrogens with two attached hydrogens (primary N) is 1. The highest BCUT2D eigenvalue weighted by Crippen LogP contribution is 2.63. The molecule has 2 aliphatic carbocycles. The van der Waals surface area contributed by atoms with E-state index in [0.29, 0.717) is 24.0 Å². The lowest BCUT2D eigenvalue weighted by molar-refractivity contribution is -0.142. The number of aliphatic imine (C=N–C) groups is 1. The van der Waals surface area contributed by atoms with E-state index in [9.17, 15) is 10.1 Å². The van der Waals surface area contributed by atoms with Crippen molar-refractivity contribution in [3.05, 3.63) is 34.9 Å². The fourth-order valence-corrected chi connectivity index (χ4v) is 7.39. The van der Waals surface area contributed by atoms with Crippen LogP contribution in [0.4, 0.5) is 0 Å². The second-order valence-electron chi connectivity index (χ2n) is 10.7. The highest BCUT2D eigenvalue weighted by molar-refractivity contribution is 6.08. The van der Waals surface area contributed by atoms with E-state index in [-0.39, 0.29) is 29.3 Å². The van der Waals surface area contributed by atoms with E-state index in [2.05, 4.69) is 19.9 Å². The fourth-order valence-electron chi connectivity index (χ4n) is 7.39. The molecule has 1 aromatic carbocycles. The number of amides is 1. The van der Waals surface area contributed by atoms with Gasteiger partial charge in [-0.2, -0.15) is 5.26 Å². The van der Waals surface area contributed by atoms with E-state index in [1.807, 2.05) is 18.2 Å². The fraction of sp³-hybridized carbons (Fsp3) is 0.654. The molecule has 5 rings (SSSR count). The number of ether oxygens (including phenoxy) is 2. The third-order valence-corrected chi connectivity index (χ3v) is 8.64. The normalized spacial score (nSPS) is 36.3. The molecule has 1 saturated heterocycles. The zero-order valence-electron chi connectivity index (χ0n) is 19.8. The molecule has 2 spiro atoms. The van der Waals surface area contributed by atoms with Gasteiger partial charge in [-0.05, 0) is 73.1 Å². The summed E-state index contributed by atoms with van der Waals surface area (Å²) in [7, 11) is 1.78. The summed E-state index contributed by atoms with van der Waals surface area (Å²) in [5.74, 6) is 1.23. The molecule has 7 nitrogen and oxygen atoms in total. The monoisotopic (exact) mass is 450 g/mol. The topological polar surface area (TPSA) is 101 Å². The van der Waals surface area contributed by atoms with Crippen LogP contribution in [-0.2, 0) is 26.2 Å². The molecule has 176 valence electrons. The molecule has 0 aromatic heterocycles. The molecule has 7 heteroatoms. The predicted molar refractivity (Wildman–Crippen MR) is 124 cm³/mol. The van der Waals surface area contributed by atoms with Gasteiger partial charge in [0.15, 0.2) is 11.5 Å². The van der Waals surface area contributed by atoms with E-state index in [1.54, 1.807) is 12.0 Å². The summed E-state index contributed by atoms with van der Waals surface area (Å²) in [4.78, 5) is 21.2. The molecule has 2 unspecified atom stereocenters. The summed E-state index contributed by atoms with van der Waals surface area (Å²) in [6, 6.07) is 8.00. The predicted octanol–water partition coefficient (Wildman–Crippen LogP) is 2.96. The van der Waals surface area contributed by atoms with Gasteiger partial charge in [0.2, 0.25) is 0 Å². The van der Waals surface area contributed by atoms with Crippen molar-refractivity contribution in [2.75, 3.05) is 26.9 Å². The molecule has 2 aliphatic heterocycles. The van der Waals surface area contributed by atoms with Crippen molar-refractivity contribution in [2.45, 2.75) is 57.6 Å². The van der Waals surface area contributed by atoms with E-state index in [0.717, 1.165) is 56.4 Å². The van der Waals surface area contributed by atoms with Gasteiger partial charge in [0.1, 0.15) is 0 Å². The Hall–Kier alpha value is -2.43. The van der Waals surface area contributed by atoms with Crippen molar-refractivity contribution in [2.24, 2.45) is 33.9 Å². The number of nitriles is 1. The van der Waals surface area contributed by atoms with Crippen LogP contribution in [0.5, 0.6) is 0 Å².